The third-order valence-electron chi connectivity index (χ3n) is 2.85. The van der Waals surface area contributed by atoms with Crippen LogP contribution in [0.3, 0.4) is 0 Å². The van der Waals surface area contributed by atoms with Gasteiger partial charge in [-0.25, -0.2) is 14.6 Å². The second-order valence-electron chi connectivity index (χ2n) is 5.29. The van der Waals surface area contributed by atoms with E-state index >= 15 is 0 Å². The van der Waals surface area contributed by atoms with Gasteiger partial charge in [-0.05, 0) is 23.6 Å². The first-order chi connectivity index (χ1) is 9.06. The molecule has 2 aromatic heterocycles. The Balaban J connectivity index is 2.33. The smallest absolute Gasteiger partial charge is 0.155 e. The van der Waals surface area contributed by atoms with Crippen LogP contribution in [-0.2, 0) is 6.54 Å². The van der Waals surface area contributed by atoms with Crippen molar-refractivity contribution in [3.63, 3.8) is 0 Å². The van der Waals surface area contributed by atoms with Crippen LogP contribution in [0.25, 0.3) is 5.82 Å². The number of hydrogen-bond donors (Lipinski definition) is 1. The zero-order valence-corrected chi connectivity index (χ0v) is 12.0. The number of hydrogen-bond acceptors (Lipinski definition) is 4. The number of rotatable bonds is 5. The normalized spacial score (nSPS) is 11.5. The highest BCUT2D eigenvalue weighted by Crippen LogP contribution is 2.16. The van der Waals surface area contributed by atoms with Crippen molar-refractivity contribution in [2.24, 2.45) is 0 Å². The fourth-order valence-corrected chi connectivity index (χ4v) is 1.76. The van der Waals surface area contributed by atoms with Gasteiger partial charge in [-0.2, -0.15) is 5.10 Å². The van der Waals surface area contributed by atoms with Crippen LogP contribution in [0.4, 0.5) is 0 Å². The molecule has 1 N–H and O–H groups in total. The molecule has 0 saturated carbocycles. The zero-order chi connectivity index (χ0) is 13.8. The molecule has 0 atom stereocenters. The van der Waals surface area contributed by atoms with E-state index in [1.807, 2.05) is 0 Å². The molecule has 2 rings (SSSR count). The molecule has 0 bridgehead atoms. The Bertz CT molecular complexity index is 517. The molecular formula is C14H21N5. The zero-order valence-electron chi connectivity index (χ0n) is 12.0. The van der Waals surface area contributed by atoms with Gasteiger partial charge in [0.25, 0.3) is 0 Å². The fourth-order valence-electron chi connectivity index (χ4n) is 1.76. The Morgan fingerprint density at radius 2 is 2.00 bits per heavy atom. The van der Waals surface area contributed by atoms with Crippen molar-refractivity contribution in [3.05, 3.63) is 36.0 Å². The van der Waals surface area contributed by atoms with E-state index in [0.29, 0.717) is 12.0 Å². The van der Waals surface area contributed by atoms with Crippen molar-refractivity contribution in [1.29, 1.82) is 0 Å². The summed E-state index contributed by atoms with van der Waals surface area (Å²) in [5, 5.41) is 7.57. The maximum Gasteiger partial charge on any atom is 0.155 e. The topological polar surface area (TPSA) is 55.6 Å². The van der Waals surface area contributed by atoms with Crippen LogP contribution in [0.15, 0.2) is 24.8 Å². The van der Waals surface area contributed by atoms with E-state index in [1.165, 1.54) is 11.9 Å². The summed E-state index contributed by atoms with van der Waals surface area (Å²) in [6, 6.07) is 4.67. The Kier molecular flexibility index (Phi) is 4.27. The van der Waals surface area contributed by atoms with Gasteiger partial charge in [0.15, 0.2) is 5.82 Å². The molecule has 0 saturated heterocycles. The molecule has 5 heteroatoms. The van der Waals surface area contributed by atoms with Crippen molar-refractivity contribution in [2.45, 2.75) is 46.2 Å². The van der Waals surface area contributed by atoms with E-state index in [2.05, 4.69) is 60.2 Å². The van der Waals surface area contributed by atoms with Gasteiger partial charge in [-0.3, -0.25) is 0 Å². The van der Waals surface area contributed by atoms with Crippen LogP contribution in [0.5, 0.6) is 0 Å². The lowest BCUT2D eigenvalue weighted by Gasteiger charge is -2.13. The van der Waals surface area contributed by atoms with Gasteiger partial charge in [-0.15, -0.1) is 0 Å². The minimum atomic E-state index is 0.390. The fraction of sp³-hybridized carbons (Fsp3) is 0.500. The van der Waals surface area contributed by atoms with Crippen LogP contribution in [0.1, 0.15) is 44.9 Å². The summed E-state index contributed by atoms with van der Waals surface area (Å²) in [4.78, 5) is 8.61. The van der Waals surface area contributed by atoms with Crippen LogP contribution in [0.2, 0.25) is 0 Å². The first-order valence-electron chi connectivity index (χ1n) is 6.65. The van der Waals surface area contributed by atoms with Crippen molar-refractivity contribution >= 4 is 0 Å². The average Bonchev–Trinajstić information content (AvgIpc) is 2.89. The molecule has 102 valence electrons. The summed E-state index contributed by atoms with van der Waals surface area (Å²) in [6.45, 7) is 9.41. The maximum absolute atomic E-state index is 4.64. The predicted octanol–water partition coefficient (Wildman–Crippen LogP) is 2.28. The largest absolute Gasteiger partial charge is 0.310 e. The Morgan fingerprint density at radius 3 is 2.58 bits per heavy atom. The van der Waals surface area contributed by atoms with E-state index in [4.69, 9.17) is 0 Å². The second-order valence-corrected chi connectivity index (χ2v) is 5.29. The minimum absolute atomic E-state index is 0.390. The lowest BCUT2D eigenvalue weighted by atomic mass is 10.1. The first-order valence-corrected chi connectivity index (χ1v) is 6.65. The van der Waals surface area contributed by atoms with E-state index < -0.39 is 0 Å². The quantitative estimate of drug-likeness (QED) is 0.895. The van der Waals surface area contributed by atoms with E-state index in [-0.39, 0.29) is 0 Å². The average molecular weight is 259 g/mol. The van der Waals surface area contributed by atoms with Gasteiger partial charge in [0.05, 0.1) is 0 Å². The van der Waals surface area contributed by atoms with Gasteiger partial charge < -0.3 is 5.32 Å². The molecule has 0 aliphatic rings. The Morgan fingerprint density at radius 1 is 1.21 bits per heavy atom. The summed E-state index contributed by atoms with van der Waals surface area (Å²) in [6.07, 6.45) is 3.20. The highest BCUT2D eigenvalue weighted by atomic mass is 15.3. The SMILES string of the molecule is CC(C)NCc1cc(C(C)C)nc(-n2cncn2)c1. The molecule has 0 amide bonds. The summed E-state index contributed by atoms with van der Waals surface area (Å²) in [5.74, 6) is 1.21. The molecule has 0 aromatic carbocycles. The molecule has 0 spiro atoms. The minimum Gasteiger partial charge on any atom is -0.310 e. The Labute approximate surface area is 114 Å². The number of pyridine rings is 1. The molecule has 0 fully saturated rings. The van der Waals surface area contributed by atoms with Crippen LogP contribution in [-0.4, -0.2) is 25.8 Å². The molecule has 0 radical (unpaired) electrons. The van der Waals surface area contributed by atoms with Gasteiger partial charge in [0.1, 0.15) is 12.7 Å². The molecular weight excluding hydrogens is 238 g/mol. The number of nitrogens with zero attached hydrogens (tertiary/aromatic N) is 4. The highest BCUT2D eigenvalue weighted by molar-refractivity contribution is 5.31. The molecule has 2 aromatic rings. The lowest BCUT2D eigenvalue weighted by Crippen LogP contribution is -2.22. The van der Waals surface area contributed by atoms with Gasteiger partial charge in [-0.1, -0.05) is 27.7 Å². The maximum atomic E-state index is 4.64. The summed E-state index contributed by atoms with van der Waals surface area (Å²) in [7, 11) is 0. The molecule has 5 nitrogen and oxygen atoms in total. The van der Waals surface area contributed by atoms with Gasteiger partial charge in [0.2, 0.25) is 0 Å². The molecule has 0 aliphatic carbocycles. The van der Waals surface area contributed by atoms with Crippen molar-refractivity contribution in [1.82, 2.24) is 25.1 Å². The predicted molar refractivity (Wildman–Crippen MR) is 75.2 cm³/mol. The molecule has 0 aliphatic heterocycles. The monoisotopic (exact) mass is 259 g/mol. The summed E-state index contributed by atoms with van der Waals surface area (Å²) in [5.41, 5.74) is 2.30. The number of aromatic nitrogens is 4. The summed E-state index contributed by atoms with van der Waals surface area (Å²) >= 11 is 0. The van der Waals surface area contributed by atoms with Crippen molar-refractivity contribution in [3.8, 4) is 5.82 Å². The third-order valence-corrected chi connectivity index (χ3v) is 2.85. The molecule has 19 heavy (non-hydrogen) atoms. The number of nitrogens with one attached hydrogen (secondary N) is 1. The van der Waals surface area contributed by atoms with E-state index in [9.17, 15) is 0 Å². The Hall–Kier alpha value is -1.75. The summed E-state index contributed by atoms with van der Waals surface area (Å²) < 4.78 is 1.70. The van der Waals surface area contributed by atoms with Gasteiger partial charge >= 0.3 is 0 Å². The van der Waals surface area contributed by atoms with Gasteiger partial charge in [0, 0.05) is 18.3 Å². The lowest BCUT2D eigenvalue weighted by molar-refractivity contribution is 0.587. The highest BCUT2D eigenvalue weighted by Gasteiger charge is 2.08. The van der Waals surface area contributed by atoms with Crippen LogP contribution in [0, 0.1) is 0 Å². The second kappa shape index (κ2) is 5.93. The van der Waals surface area contributed by atoms with Crippen LogP contribution >= 0.6 is 0 Å². The van der Waals surface area contributed by atoms with E-state index in [0.717, 1.165) is 18.1 Å². The molecule has 0 unspecified atom stereocenters. The standard InChI is InChI=1S/C14H21N5/c1-10(2)13-5-12(7-16-11(3)4)6-14(18-13)19-9-15-8-17-19/h5-6,8-11,16H,7H2,1-4H3. The van der Waals surface area contributed by atoms with Crippen molar-refractivity contribution < 1.29 is 0 Å². The van der Waals surface area contributed by atoms with Crippen molar-refractivity contribution in [2.75, 3.05) is 0 Å². The van der Waals surface area contributed by atoms with Crippen LogP contribution < -0.4 is 5.32 Å². The van der Waals surface area contributed by atoms with E-state index in [1.54, 1.807) is 11.0 Å². The molecule has 2 heterocycles. The third kappa shape index (κ3) is 3.61. The first kappa shape index (κ1) is 13.7.